The topological polar surface area (TPSA) is 19.5 Å². The molecule has 1 heterocycles. The molecular formula is C20H20ClN3. The van der Waals surface area contributed by atoms with Gasteiger partial charge in [-0.1, -0.05) is 48.5 Å². The van der Waals surface area contributed by atoms with Crippen LogP contribution >= 0.6 is 0 Å². The first-order valence-corrected chi connectivity index (χ1v) is 7.67. The maximum Gasteiger partial charge on any atom is 0.169 e. The molecule has 1 aromatic heterocycles. The number of hydrogen-bond donors (Lipinski definition) is 0. The average Bonchev–Trinajstić information content (AvgIpc) is 2.61. The number of halogens is 1. The molecule has 0 unspecified atom stereocenters. The van der Waals surface area contributed by atoms with Crippen molar-refractivity contribution in [3.8, 4) is 0 Å². The Morgan fingerprint density at radius 2 is 1.46 bits per heavy atom. The Hall–Kier alpha value is -2.65. The molecular weight excluding hydrogens is 318 g/mol. The summed E-state index contributed by atoms with van der Waals surface area (Å²) in [5.74, 6) is 0. The monoisotopic (exact) mass is 337 g/mol. The van der Waals surface area contributed by atoms with Crippen LogP contribution in [0.15, 0.2) is 90.3 Å². The maximum absolute atomic E-state index is 4.69. The summed E-state index contributed by atoms with van der Waals surface area (Å²) in [6.07, 6.45) is 5.94. The average molecular weight is 338 g/mol. The molecule has 0 aliphatic heterocycles. The van der Waals surface area contributed by atoms with E-state index in [1.807, 2.05) is 59.5 Å². The van der Waals surface area contributed by atoms with Gasteiger partial charge in [0.15, 0.2) is 12.4 Å². The second kappa shape index (κ2) is 8.85. The van der Waals surface area contributed by atoms with Crippen LogP contribution < -0.4 is 22.0 Å². The normalized spacial score (nSPS) is 10.4. The van der Waals surface area contributed by atoms with E-state index in [4.69, 9.17) is 0 Å². The van der Waals surface area contributed by atoms with Crippen molar-refractivity contribution in [2.45, 2.75) is 6.54 Å². The SMILES string of the molecule is C[n+]1ccc(/C=N/N(Cc2ccccc2)c2ccccc2)cc1.[Cl-]. The smallest absolute Gasteiger partial charge is 0.169 e. The molecule has 0 N–H and O–H groups in total. The van der Waals surface area contributed by atoms with Crippen LogP contribution in [0.3, 0.4) is 0 Å². The minimum Gasteiger partial charge on any atom is -1.00 e. The van der Waals surface area contributed by atoms with E-state index in [0.717, 1.165) is 17.8 Å². The van der Waals surface area contributed by atoms with Crippen molar-refractivity contribution in [3.05, 3.63) is 96.3 Å². The molecule has 0 saturated carbocycles. The van der Waals surface area contributed by atoms with Crippen LogP contribution in [0.4, 0.5) is 5.69 Å². The van der Waals surface area contributed by atoms with Crippen LogP contribution in [0.25, 0.3) is 0 Å². The van der Waals surface area contributed by atoms with Crippen LogP contribution in [-0.4, -0.2) is 6.21 Å². The molecule has 2 aromatic carbocycles. The van der Waals surface area contributed by atoms with Gasteiger partial charge in [0.25, 0.3) is 0 Å². The summed E-state index contributed by atoms with van der Waals surface area (Å²) in [6.45, 7) is 0.738. The van der Waals surface area contributed by atoms with Crippen LogP contribution in [0.1, 0.15) is 11.1 Å². The fourth-order valence-electron chi connectivity index (χ4n) is 2.29. The number of hydrogen-bond acceptors (Lipinski definition) is 2. The molecule has 3 aromatic rings. The summed E-state index contributed by atoms with van der Waals surface area (Å²) in [7, 11) is 2.01. The van der Waals surface area contributed by atoms with Crippen LogP contribution in [-0.2, 0) is 13.6 Å². The molecule has 0 atom stereocenters. The molecule has 3 nitrogen and oxygen atoms in total. The summed E-state index contributed by atoms with van der Waals surface area (Å²) in [4.78, 5) is 0. The van der Waals surface area contributed by atoms with Gasteiger partial charge in [0.2, 0.25) is 0 Å². The van der Waals surface area contributed by atoms with E-state index >= 15 is 0 Å². The first-order chi connectivity index (χ1) is 11.3. The second-order valence-corrected chi connectivity index (χ2v) is 5.42. The zero-order valence-corrected chi connectivity index (χ0v) is 14.3. The van der Waals surface area contributed by atoms with E-state index in [1.54, 1.807) is 0 Å². The van der Waals surface area contributed by atoms with Gasteiger partial charge in [-0.05, 0) is 17.7 Å². The zero-order chi connectivity index (χ0) is 15.9. The standard InChI is InChI=1S/C20H20N3.ClH/c1-22-14-12-18(13-15-22)16-21-23(20-10-6-3-7-11-20)17-19-8-4-2-5-9-19;/h2-16H,17H2,1H3;1H/q+1;/p-1. The van der Waals surface area contributed by atoms with Crippen LogP contribution in [0.2, 0.25) is 0 Å². The van der Waals surface area contributed by atoms with E-state index in [2.05, 4.69) is 53.6 Å². The third kappa shape index (κ3) is 4.93. The number of benzene rings is 2. The molecule has 3 rings (SSSR count). The first kappa shape index (κ1) is 17.7. The first-order valence-electron chi connectivity index (χ1n) is 7.67. The quantitative estimate of drug-likeness (QED) is 0.378. The van der Waals surface area contributed by atoms with Crippen molar-refractivity contribution in [1.82, 2.24) is 0 Å². The largest absolute Gasteiger partial charge is 1.00 e. The molecule has 0 fully saturated rings. The molecule has 122 valence electrons. The Morgan fingerprint density at radius 1 is 0.875 bits per heavy atom. The van der Waals surface area contributed by atoms with Crippen LogP contribution in [0.5, 0.6) is 0 Å². The van der Waals surface area contributed by atoms with E-state index in [-0.39, 0.29) is 12.4 Å². The molecule has 0 spiro atoms. The Bertz CT molecular complexity index is 756. The number of rotatable bonds is 5. The molecule has 24 heavy (non-hydrogen) atoms. The Morgan fingerprint density at radius 3 is 2.08 bits per heavy atom. The third-order valence-electron chi connectivity index (χ3n) is 3.58. The predicted molar refractivity (Wildman–Crippen MR) is 94.3 cm³/mol. The van der Waals surface area contributed by atoms with Gasteiger partial charge in [-0.3, -0.25) is 5.01 Å². The molecule has 0 bridgehead atoms. The van der Waals surface area contributed by atoms with Gasteiger partial charge >= 0.3 is 0 Å². The summed E-state index contributed by atoms with van der Waals surface area (Å²) in [5, 5.41) is 6.70. The van der Waals surface area contributed by atoms with Crippen molar-refractivity contribution in [2.24, 2.45) is 12.1 Å². The Balaban J connectivity index is 0.00000208. The Labute approximate surface area is 149 Å². The summed E-state index contributed by atoms with van der Waals surface area (Å²) < 4.78 is 2.01. The number of hydrazone groups is 1. The highest BCUT2D eigenvalue weighted by molar-refractivity contribution is 5.79. The molecule has 0 saturated heterocycles. The molecule has 0 aliphatic carbocycles. The van der Waals surface area contributed by atoms with E-state index in [1.165, 1.54) is 5.56 Å². The Kier molecular flexibility index (Phi) is 6.52. The van der Waals surface area contributed by atoms with Gasteiger partial charge in [0.1, 0.15) is 7.05 Å². The van der Waals surface area contributed by atoms with Gasteiger partial charge in [-0.2, -0.15) is 5.10 Å². The van der Waals surface area contributed by atoms with Gasteiger partial charge in [-0.15, -0.1) is 0 Å². The highest BCUT2D eigenvalue weighted by Gasteiger charge is 2.05. The minimum atomic E-state index is 0. The highest BCUT2D eigenvalue weighted by atomic mass is 35.5. The fourth-order valence-corrected chi connectivity index (χ4v) is 2.29. The summed E-state index contributed by atoms with van der Waals surface area (Å²) >= 11 is 0. The number of aromatic nitrogens is 1. The van der Waals surface area contributed by atoms with Gasteiger partial charge in [-0.25, -0.2) is 4.57 Å². The van der Waals surface area contributed by atoms with Crippen LogP contribution in [0, 0.1) is 0 Å². The van der Waals surface area contributed by atoms with Gasteiger partial charge in [0, 0.05) is 17.7 Å². The number of nitrogens with zero attached hydrogens (tertiary/aromatic N) is 3. The number of anilines is 1. The third-order valence-corrected chi connectivity index (χ3v) is 3.58. The number of para-hydroxylation sites is 1. The van der Waals surface area contributed by atoms with Crippen molar-refractivity contribution in [3.63, 3.8) is 0 Å². The maximum atomic E-state index is 4.69. The predicted octanol–water partition coefficient (Wildman–Crippen LogP) is 0.556. The highest BCUT2D eigenvalue weighted by Crippen LogP contribution is 2.17. The van der Waals surface area contributed by atoms with Crippen molar-refractivity contribution >= 4 is 11.9 Å². The molecule has 0 amide bonds. The molecule has 4 heteroatoms. The van der Waals surface area contributed by atoms with Crippen molar-refractivity contribution < 1.29 is 17.0 Å². The van der Waals surface area contributed by atoms with Crippen molar-refractivity contribution in [1.29, 1.82) is 0 Å². The molecule has 0 aliphatic rings. The number of aryl methyl sites for hydroxylation is 1. The minimum absolute atomic E-state index is 0. The zero-order valence-electron chi connectivity index (χ0n) is 13.6. The van der Waals surface area contributed by atoms with Gasteiger partial charge < -0.3 is 12.4 Å². The van der Waals surface area contributed by atoms with E-state index < -0.39 is 0 Å². The van der Waals surface area contributed by atoms with Crippen molar-refractivity contribution in [2.75, 3.05) is 5.01 Å². The van der Waals surface area contributed by atoms with E-state index in [9.17, 15) is 0 Å². The summed E-state index contributed by atoms with van der Waals surface area (Å²) in [6, 6.07) is 24.7. The van der Waals surface area contributed by atoms with E-state index in [0.29, 0.717) is 0 Å². The lowest BCUT2D eigenvalue weighted by Gasteiger charge is -2.19. The lowest BCUT2D eigenvalue weighted by Crippen LogP contribution is -3.00. The second-order valence-electron chi connectivity index (χ2n) is 5.42. The number of pyridine rings is 1. The van der Waals surface area contributed by atoms with Gasteiger partial charge in [0.05, 0.1) is 18.4 Å². The lowest BCUT2D eigenvalue weighted by molar-refractivity contribution is -0.671. The molecule has 0 radical (unpaired) electrons. The lowest BCUT2D eigenvalue weighted by atomic mass is 10.2. The fraction of sp³-hybridized carbons (Fsp3) is 0.100. The summed E-state index contributed by atoms with van der Waals surface area (Å²) in [5.41, 5.74) is 3.39.